The van der Waals surface area contributed by atoms with Gasteiger partial charge in [0.15, 0.2) is 5.69 Å². The fourth-order valence-electron chi connectivity index (χ4n) is 5.31. The number of amides is 1. The van der Waals surface area contributed by atoms with Gasteiger partial charge in [0.1, 0.15) is 5.82 Å². The van der Waals surface area contributed by atoms with Gasteiger partial charge in [0, 0.05) is 61.4 Å². The van der Waals surface area contributed by atoms with E-state index in [9.17, 15) is 13.2 Å². The molecule has 1 fully saturated rings. The largest absolute Gasteiger partial charge is 0.369 e. The zero-order chi connectivity index (χ0) is 26.1. The molecular formula is C25H26FN7O3S. The molecule has 1 atom stereocenters. The monoisotopic (exact) mass is 523 g/mol. The first kappa shape index (κ1) is 23.6. The molecule has 0 saturated carbocycles. The van der Waals surface area contributed by atoms with E-state index >= 15 is 4.39 Å². The number of rotatable bonds is 4. The van der Waals surface area contributed by atoms with Crippen molar-refractivity contribution in [2.24, 2.45) is 7.05 Å². The van der Waals surface area contributed by atoms with E-state index in [2.05, 4.69) is 15.1 Å². The topological polar surface area (TPSA) is 107 Å². The summed E-state index contributed by atoms with van der Waals surface area (Å²) >= 11 is 0. The molecule has 4 aromatic rings. The average Bonchev–Trinajstić information content (AvgIpc) is 3.53. The Bertz CT molecular complexity index is 1650. The van der Waals surface area contributed by atoms with Crippen molar-refractivity contribution in [2.45, 2.75) is 13.0 Å². The smallest absolute Gasteiger partial charge is 0.280 e. The number of hydrogen-bond donors (Lipinski definition) is 1. The van der Waals surface area contributed by atoms with Crippen LogP contribution in [-0.4, -0.2) is 70.8 Å². The van der Waals surface area contributed by atoms with Crippen LogP contribution in [0.2, 0.25) is 0 Å². The summed E-state index contributed by atoms with van der Waals surface area (Å²) in [6, 6.07) is 9.80. The summed E-state index contributed by atoms with van der Waals surface area (Å²) in [6.07, 6.45) is 2.79. The molecule has 2 aliphatic rings. The summed E-state index contributed by atoms with van der Waals surface area (Å²) < 4.78 is 42.6. The fourth-order valence-corrected chi connectivity index (χ4v) is 6.14. The fraction of sp³-hybridized carbons (Fsp3) is 0.320. The van der Waals surface area contributed by atoms with E-state index in [1.165, 1.54) is 16.6 Å². The number of piperazine rings is 1. The highest BCUT2D eigenvalue weighted by Crippen LogP contribution is 2.44. The van der Waals surface area contributed by atoms with Gasteiger partial charge in [0.2, 0.25) is 10.0 Å². The van der Waals surface area contributed by atoms with Crippen molar-refractivity contribution in [3.05, 3.63) is 71.1 Å². The molecule has 0 radical (unpaired) electrons. The Balaban J connectivity index is 1.39. The van der Waals surface area contributed by atoms with Gasteiger partial charge in [-0.15, -0.1) is 0 Å². The predicted octanol–water partition coefficient (Wildman–Crippen LogP) is 2.58. The van der Waals surface area contributed by atoms with Crippen LogP contribution in [0.25, 0.3) is 11.0 Å². The van der Waals surface area contributed by atoms with E-state index in [0.717, 1.165) is 11.2 Å². The van der Waals surface area contributed by atoms with Gasteiger partial charge in [-0.05, 0) is 37.3 Å². The van der Waals surface area contributed by atoms with Crippen molar-refractivity contribution in [3.63, 3.8) is 0 Å². The van der Waals surface area contributed by atoms with Crippen LogP contribution in [0.15, 0.2) is 42.7 Å². The Labute approximate surface area is 213 Å². The Kier molecular flexibility index (Phi) is 5.35. The molecule has 192 valence electrons. The second-order valence-corrected chi connectivity index (χ2v) is 11.5. The Morgan fingerprint density at radius 3 is 2.49 bits per heavy atom. The number of fused-ring (bicyclic) bond motifs is 2. The second kappa shape index (κ2) is 8.38. The lowest BCUT2D eigenvalue weighted by atomic mass is 9.97. The minimum atomic E-state index is -3.25. The van der Waals surface area contributed by atoms with Crippen LogP contribution in [0.5, 0.6) is 0 Å². The summed E-state index contributed by atoms with van der Waals surface area (Å²) in [5.41, 5.74) is 4.97. The third kappa shape index (κ3) is 3.78. The molecule has 2 aliphatic heterocycles. The average molecular weight is 524 g/mol. The number of carbonyl (C=O) groups is 1. The van der Waals surface area contributed by atoms with E-state index < -0.39 is 21.9 Å². The first-order valence-corrected chi connectivity index (χ1v) is 13.8. The molecular weight excluding hydrogens is 497 g/mol. The van der Waals surface area contributed by atoms with E-state index in [1.807, 2.05) is 36.1 Å². The molecule has 1 N–H and O–H groups in total. The normalized spacial score (nSPS) is 18.7. The van der Waals surface area contributed by atoms with Crippen LogP contribution in [-0.2, 0) is 17.1 Å². The maximum atomic E-state index is 15.9. The molecule has 4 heterocycles. The third-order valence-electron chi connectivity index (χ3n) is 7.37. The van der Waals surface area contributed by atoms with E-state index in [4.69, 9.17) is 0 Å². The van der Waals surface area contributed by atoms with Crippen LogP contribution in [0.1, 0.15) is 33.4 Å². The number of carbonyl (C=O) groups excluding carboxylic acids is 1. The van der Waals surface area contributed by atoms with Crippen LogP contribution in [0.4, 0.5) is 15.8 Å². The number of anilines is 2. The molecule has 0 bridgehead atoms. The number of nitrogens with zero attached hydrogens (tertiary/aromatic N) is 6. The molecule has 1 saturated heterocycles. The second-order valence-electron chi connectivity index (χ2n) is 9.51. The van der Waals surface area contributed by atoms with Gasteiger partial charge in [-0.25, -0.2) is 17.8 Å². The van der Waals surface area contributed by atoms with Gasteiger partial charge >= 0.3 is 0 Å². The molecule has 1 amide bonds. The lowest BCUT2D eigenvalue weighted by molar-refractivity contribution is 0.0987. The first-order valence-electron chi connectivity index (χ1n) is 11.9. The number of benzene rings is 2. The van der Waals surface area contributed by atoms with Crippen molar-refractivity contribution >= 4 is 38.3 Å². The Hall–Kier alpha value is -3.77. The summed E-state index contributed by atoms with van der Waals surface area (Å²) in [5, 5.41) is 4.44. The molecule has 37 heavy (non-hydrogen) atoms. The van der Waals surface area contributed by atoms with Crippen LogP contribution in [0.3, 0.4) is 0 Å². The summed E-state index contributed by atoms with van der Waals surface area (Å²) in [4.78, 5) is 24.5. The highest BCUT2D eigenvalue weighted by atomic mass is 32.2. The number of nitrogens with one attached hydrogen (secondary N) is 1. The minimum absolute atomic E-state index is 0.293. The zero-order valence-electron chi connectivity index (χ0n) is 20.6. The molecule has 0 spiro atoms. The van der Waals surface area contributed by atoms with E-state index in [1.54, 1.807) is 29.0 Å². The molecule has 0 aliphatic carbocycles. The number of H-pyrrole nitrogens is 1. The summed E-state index contributed by atoms with van der Waals surface area (Å²) in [7, 11) is -1.48. The lowest BCUT2D eigenvalue weighted by Gasteiger charge is -2.35. The van der Waals surface area contributed by atoms with Gasteiger partial charge < -0.3 is 9.88 Å². The standard InChI is InChI=1S/C25H26FN7O3S/c1-15-22-23(29-30(15)2)25(34)33(17-5-7-20-21(13-17)28-14-27-20)24(22)18-6-4-16(12-19(18)26)31-8-10-32(11-9-31)37(3,35)36/h4-7,12-14,24H,8-11H2,1-3H3,(H,27,28). The van der Waals surface area contributed by atoms with Gasteiger partial charge in [0.25, 0.3) is 5.91 Å². The minimum Gasteiger partial charge on any atom is -0.369 e. The molecule has 2 aromatic heterocycles. The quantitative estimate of drug-likeness (QED) is 0.441. The maximum absolute atomic E-state index is 15.9. The third-order valence-corrected chi connectivity index (χ3v) is 8.67. The maximum Gasteiger partial charge on any atom is 0.280 e. The molecule has 10 nitrogen and oxygen atoms in total. The SMILES string of the molecule is Cc1c2c(nn1C)C(=O)N(c1ccc3[nH]cnc3c1)C2c1ccc(N2CCN(S(C)(=O)=O)CC2)cc1F. The zero-order valence-corrected chi connectivity index (χ0v) is 21.5. The van der Waals surface area contributed by atoms with Crippen molar-refractivity contribution < 1.29 is 17.6 Å². The number of halogens is 1. The number of aryl methyl sites for hydroxylation is 1. The number of hydrogen-bond acceptors (Lipinski definition) is 6. The molecule has 1 unspecified atom stereocenters. The Morgan fingerprint density at radius 2 is 1.78 bits per heavy atom. The van der Waals surface area contributed by atoms with Crippen LogP contribution >= 0.6 is 0 Å². The van der Waals surface area contributed by atoms with Gasteiger partial charge in [-0.2, -0.15) is 9.40 Å². The van der Waals surface area contributed by atoms with Crippen molar-refractivity contribution in [1.82, 2.24) is 24.1 Å². The molecule has 2 aromatic carbocycles. The molecule has 6 rings (SSSR count). The highest BCUT2D eigenvalue weighted by Gasteiger charge is 2.44. The predicted molar refractivity (Wildman–Crippen MR) is 138 cm³/mol. The Morgan fingerprint density at radius 1 is 1.05 bits per heavy atom. The lowest BCUT2D eigenvalue weighted by Crippen LogP contribution is -2.48. The summed E-state index contributed by atoms with van der Waals surface area (Å²) in [5.74, 6) is -0.734. The van der Waals surface area contributed by atoms with Gasteiger partial charge in [-0.3, -0.25) is 14.4 Å². The van der Waals surface area contributed by atoms with Crippen LogP contribution < -0.4 is 9.80 Å². The van der Waals surface area contributed by atoms with Crippen LogP contribution in [0, 0.1) is 12.7 Å². The highest BCUT2D eigenvalue weighted by molar-refractivity contribution is 7.88. The number of sulfonamides is 1. The molecule has 12 heteroatoms. The first-order chi connectivity index (χ1) is 17.6. The van der Waals surface area contributed by atoms with Crippen molar-refractivity contribution in [1.29, 1.82) is 0 Å². The van der Waals surface area contributed by atoms with Gasteiger partial charge in [0.05, 0.1) is 29.7 Å². The number of imidazole rings is 1. The van der Waals surface area contributed by atoms with E-state index in [-0.39, 0.29) is 5.91 Å². The summed E-state index contributed by atoms with van der Waals surface area (Å²) in [6.45, 7) is 3.51. The van der Waals surface area contributed by atoms with E-state index in [0.29, 0.717) is 59.9 Å². The van der Waals surface area contributed by atoms with Crippen molar-refractivity contribution in [3.8, 4) is 0 Å². The van der Waals surface area contributed by atoms with Crippen molar-refractivity contribution in [2.75, 3.05) is 42.2 Å². The number of aromatic amines is 1. The number of aromatic nitrogens is 4. The van der Waals surface area contributed by atoms with Gasteiger partial charge in [-0.1, -0.05) is 6.07 Å².